The Morgan fingerprint density at radius 3 is 2.47 bits per heavy atom. The highest BCUT2D eigenvalue weighted by Crippen LogP contribution is 2.17. The van der Waals surface area contributed by atoms with Gasteiger partial charge in [-0.2, -0.15) is 0 Å². The van der Waals surface area contributed by atoms with Crippen molar-refractivity contribution in [1.82, 2.24) is 5.16 Å². The Labute approximate surface area is 109 Å². The molecule has 6 heteroatoms. The number of aryl methyl sites for hydroxylation is 1. The third kappa shape index (κ3) is 3.41. The first kappa shape index (κ1) is 12.8. The molecule has 0 bridgehead atoms. The molecule has 1 heterocycles. The highest BCUT2D eigenvalue weighted by molar-refractivity contribution is 5.89. The van der Waals surface area contributed by atoms with Crippen molar-refractivity contribution in [2.45, 2.75) is 13.8 Å². The maximum absolute atomic E-state index is 11.7. The molecular weight excluding hydrogens is 248 g/mol. The number of esters is 1. The van der Waals surface area contributed by atoms with Crippen LogP contribution in [0.25, 0.3) is 0 Å². The van der Waals surface area contributed by atoms with Crippen molar-refractivity contribution in [1.29, 1.82) is 0 Å². The van der Waals surface area contributed by atoms with Gasteiger partial charge in [-0.25, -0.2) is 4.79 Å². The highest BCUT2D eigenvalue weighted by Gasteiger charge is 2.14. The van der Waals surface area contributed by atoms with Crippen molar-refractivity contribution < 1.29 is 18.8 Å². The summed E-state index contributed by atoms with van der Waals surface area (Å²) in [6.45, 7) is 3.13. The number of nitrogens with one attached hydrogen (secondary N) is 1. The molecule has 98 valence electrons. The number of benzene rings is 1. The minimum atomic E-state index is -0.618. The van der Waals surface area contributed by atoms with Gasteiger partial charge >= 0.3 is 5.97 Å². The molecule has 0 spiro atoms. The molecule has 0 aliphatic rings. The predicted octanol–water partition coefficient (Wildman–Crippen LogP) is 2.16. The highest BCUT2D eigenvalue weighted by atomic mass is 16.6. The lowest BCUT2D eigenvalue weighted by molar-refractivity contribution is -0.114. The van der Waals surface area contributed by atoms with Crippen LogP contribution in [0.3, 0.4) is 0 Å². The van der Waals surface area contributed by atoms with Gasteiger partial charge in [0.05, 0.1) is 5.69 Å². The Morgan fingerprint density at radius 1 is 1.26 bits per heavy atom. The molecular formula is C13H12N2O4. The summed E-state index contributed by atoms with van der Waals surface area (Å²) in [5.74, 6) is -0.383. The van der Waals surface area contributed by atoms with Crippen LogP contribution >= 0.6 is 0 Å². The second-order valence-electron chi connectivity index (χ2n) is 3.93. The van der Waals surface area contributed by atoms with Gasteiger partial charge in [-0.05, 0) is 31.2 Å². The summed E-state index contributed by atoms with van der Waals surface area (Å²) < 4.78 is 9.88. The summed E-state index contributed by atoms with van der Waals surface area (Å²) in [6, 6.07) is 7.91. The molecule has 0 fully saturated rings. The number of ether oxygens (including phenoxy) is 1. The van der Waals surface area contributed by atoms with Gasteiger partial charge in [0.15, 0.2) is 0 Å². The van der Waals surface area contributed by atoms with Crippen LogP contribution in [-0.4, -0.2) is 17.0 Å². The number of anilines is 1. The number of carbonyl (C=O) groups excluding carboxylic acids is 2. The fourth-order valence-electron chi connectivity index (χ4n) is 1.43. The summed E-state index contributed by atoms with van der Waals surface area (Å²) in [4.78, 5) is 22.5. The van der Waals surface area contributed by atoms with Crippen molar-refractivity contribution in [3.05, 3.63) is 41.8 Å². The van der Waals surface area contributed by atoms with Crippen molar-refractivity contribution in [2.75, 3.05) is 5.32 Å². The van der Waals surface area contributed by atoms with Gasteiger partial charge < -0.3 is 14.6 Å². The number of hydrogen-bond acceptors (Lipinski definition) is 5. The molecule has 19 heavy (non-hydrogen) atoms. The third-order valence-electron chi connectivity index (χ3n) is 2.21. The Bertz CT molecular complexity index is 601. The van der Waals surface area contributed by atoms with E-state index in [1.807, 2.05) is 0 Å². The molecule has 0 unspecified atom stereocenters. The minimum absolute atomic E-state index is 0.0448. The second-order valence-corrected chi connectivity index (χ2v) is 3.93. The number of rotatable bonds is 3. The molecule has 0 radical (unpaired) electrons. The summed E-state index contributed by atoms with van der Waals surface area (Å²) in [6.07, 6.45) is 0. The van der Waals surface area contributed by atoms with Crippen molar-refractivity contribution in [3.8, 4) is 5.75 Å². The van der Waals surface area contributed by atoms with Gasteiger partial charge in [0.2, 0.25) is 11.7 Å². The minimum Gasteiger partial charge on any atom is -0.421 e. The molecule has 2 aromatic rings. The van der Waals surface area contributed by atoms with E-state index in [-0.39, 0.29) is 11.7 Å². The van der Waals surface area contributed by atoms with Crippen LogP contribution in [0.5, 0.6) is 5.75 Å². The Kier molecular flexibility index (Phi) is 3.61. The Morgan fingerprint density at radius 2 is 1.95 bits per heavy atom. The number of carbonyl (C=O) groups is 2. The van der Waals surface area contributed by atoms with E-state index in [0.29, 0.717) is 17.1 Å². The fourth-order valence-corrected chi connectivity index (χ4v) is 1.43. The molecule has 1 N–H and O–H groups in total. The average Bonchev–Trinajstić information content (AvgIpc) is 2.78. The zero-order valence-corrected chi connectivity index (χ0v) is 10.5. The van der Waals surface area contributed by atoms with Crippen LogP contribution < -0.4 is 10.1 Å². The summed E-state index contributed by atoms with van der Waals surface area (Å²) >= 11 is 0. The number of amides is 1. The van der Waals surface area contributed by atoms with E-state index in [0.717, 1.165) is 0 Å². The van der Waals surface area contributed by atoms with Crippen molar-refractivity contribution >= 4 is 17.6 Å². The molecule has 0 aliphatic heterocycles. The van der Waals surface area contributed by atoms with E-state index >= 15 is 0 Å². The molecule has 6 nitrogen and oxygen atoms in total. The van der Waals surface area contributed by atoms with Crippen LogP contribution in [0.1, 0.15) is 23.2 Å². The fraction of sp³-hybridized carbons (Fsp3) is 0.154. The Balaban J connectivity index is 2.03. The lowest BCUT2D eigenvalue weighted by Crippen LogP contribution is -2.08. The van der Waals surface area contributed by atoms with E-state index in [4.69, 9.17) is 9.26 Å². The van der Waals surface area contributed by atoms with E-state index in [1.54, 1.807) is 31.2 Å². The van der Waals surface area contributed by atoms with Gasteiger partial charge in [-0.1, -0.05) is 5.16 Å². The molecule has 1 aromatic carbocycles. The zero-order chi connectivity index (χ0) is 13.8. The first-order valence-electron chi connectivity index (χ1n) is 5.58. The molecule has 0 saturated carbocycles. The van der Waals surface area contributed by atoms with E-state index < -0.39 is 5.97 Å². The van der Waals surface area contributed by atoms with E-state index in [1.165, 1.54) is 13.0 Å². The van der Waals surface area contributed by atoms with Crippen LogP contribution in [0.2, 0.25) is 0 Å². The zero-order valence-electron chi connectivity index (χ0n) is 10.5. The molecule has 2 rings (SSSR count). The predicted molar refractivity (Wildman–Crippen MR) is 66.9 cm³/mol. The van der Waals surface area contributed by atoms with Gasteiger partial charge in [0, 0.05) is 18.7 Å². The van der Waals surface area contributed by atoms with Gasteiger partial charge in [0.1, 0.15) is 5.75 Å². The smallest absolute Gasteiger partial charge is 0.382 e. The molecule has 1 amide bonds. The maximum atomic E-state index is 11.7. The van der Waals surface area contributed by atoms with Crippen molar-refractivity contribution in [3.63, 3.8) is 0 Å². The largest absolute Gasteiger partial charge is 0.421 e. The topological polar surface area (TPSA) is 81.4 Å². The normalized spacial score (nSPS) is 10.0. The van der Waals surface area contributed by atoms with Gasteiger partial charge in [-0.15, -0.1) is 0 Å². The first-order chi connectivity index (χ1) is 9.04. The van der Waals surface area contributed by atoms with E-state index in [2.05, 4.69) is 10.5 Å². The van der Waals surface area contributed by atoms with Gasteiger partial charge in [0.25, 0.3) is 0 Å². The monoisotopic (exact) mass is 260 g/mol. The summed E-state index contributed by atoms with van der Waals surface area (Å²) in [5.41, 5.74) is 1.23. The van der Waals surface area contributed by atoms with Crippen LogP contribution in [0, 0.1) is 6.92 Å². The first-order valence-corrected chi connectivity index (χ1v) is 5.58. The van der Waals surface area contributed by atoms with E-state index in [9.17, 15) is 9.59 Å². The molecule has 0 atom stereocenters. The second kappa shape index (κ2) is 5.34. The van der Waals surface area contributed by atoms with Crippen molar-refractivity contribution in [2.24, 2.45) is 0 Å². The lowest BCUT2D eigenvalue weighted by atomic mass is 10.3. The van der Waals surface area contributed by atoms with Crippen LogP contribution in [-0.2, 0) is 4.79 Å². The number of hydrogen-bond donors (Lipinski definition) is 1. The molecule has 0 aliphatic carbocycles. The summed E-state index contributed by atoms with van der Waals surface area (Å²) in [7, 11) is 0. The third-order valence-corrected chi connectivity index (χ3v) is 2.21. The average molecular weight is 260 g/mol. The number of nitrogens with zero attached hydrogens (tertiary/aromatic N) is 1. The van der Waals surface area contributed by atoms with Crippen LogP contribution in [0.4, 0.5) is 5.69 Å². The van der Waals surface area contributed by atoms with Gasteiger partial charge in [-0.3, -0.25) is 4.79 Å². The quantitative estimate of drug-likeness (QED) is 0.675. The SMILES string of the molecule is CC(=O)Nc1ccc(OC(=O)c2cc(C)no2)cc1. The lowest BCUT2D eigenvalue weighted by Gasteiger charge is -2.04. The Hall–Kier alpha value is -2.63. The summed E-state index contributed by atoms with van der Waals surface area (Å²) in [5, 5.41) is 6.22. The van der Waals surface area contributed by atoms with Crippen LogP contribution in [0.15, 0.2) is 34.9 Å². The molecule has 1 aromatic heterocycles. The molecule has 0 saturated heterocycles. The standard InChI is InChI=1S/C13H12N2O4/c1-8-7-12(19-15-8)13(17)18-11-5-3-10(4-6-11)14-9(2)16/h3-7H,1-2H3,(H,14,16). The number of aromatic nitrogens is 1. The maximum Gasteiger partial charge on any atom is 0.382 e.